The van der Waals surface area contributed by atoms with E-state index in [0.717, 1.165) is 23.7 Å². The number of piperidine rings is 1. The van der Waals surface area contributed by atoms with E-state index in [1.807, 2.05) is 36.4 Å². The Morgan fingerprint density at radius 2 is 1.96 bits per heavy atom. The normalized spacial score (nSPS) is 16.5. The average molecular weight is 379 g/mol. The maximum absolute atomic E-state index is 12.2. The lowest BCUT2D eigenvalue weighted by Gasteiger charge is -2.33. The molecule has 1 fully saturated rings. The van der Waals surface area contributed by atoms with Crippen molar-refractivity contribution in [2.75, 3.05) is 25.4 Å². The van der Waals surface area contributed by atoms with Crippen molar-refractivity contribution in [3.05, 3.63) is 53.4 Å². The zero-order valence-electron chi connectivity index (χ0n) is 14.1. The SMILES string of the molecule is O=C(CSc1ccc(Cl)cc1)NCC(c1ccco1)N1CCCCC1. The Hall–Kier alpha value is -1.43. The molecule has 4 nitrogen and oxygen atoms in total. The molecule has 1 aliphatic rings. The van der Waals surface area contributed by atoms with Crippen LogP contribution in [0.4, 0.5) is 0 Å². The Kier molecular flexibility index (Phi) is 6.84. The van der Waals surface area contributed by atoms with Gasteiger partial charge in [0, 0.05) is 16.5 Å². The molecular formula is C19H23ClN2O2S. The van der Waals surface area contributed by atoms with E-state index in [1.54, 1.807) is 6.26 Å². The van der Waals surface area contributed by atoms with Crippen molar-refractivity contribution >= 4 is 29.3 Å². The van der Waals surface area contributed by atoms with Crippen molar-refractivity contribution in [1.29, 1.82) is 0 Å². The number of benzene rings is 1. The van der Waals surface area contributed by atoms with Crippen LogP contribution >= 0.6 is 23.4 Å². The first-order valence-electron chi connectivity index (χ1n) is 8.65. The Morgan fingerprint density at radius 3 is 2.64 bits per heavy atom. The number of hydrogen-bond donors (Lipinski definition) is 1. The van der Waals surface area contributed by atoms with E-state index in [1.165, 1.54) is 31.0 Å². The molecule has 1 saturated heterocycles. The van der Waals surface area contributed by atoms with Gasteiger partial charge in [-0.3, -0.25) is 9.69 Å². The first-order valence-corrected chi connectivity index (χ1v) is 10.0. The molecule has 1 unspecified atom stereocenters. The van der Waals surface area contributed by atoms with Crippen LogP contribution in [0.2, 0.25) is 5.02 Å². The molecule has 1 amide bonds. The summed E-state index contributed by atoms with van der Waals surface area (Å²) in [6.45, 7) is 2.69. The molecule has 25 heavy (non-hydrogen) atoms. The van der Waals surface area contributed by atoms with Gasteiger partial charge in [0.1, 0.15) is 5.76 Å². The summed E-state index contributed by atoms with van der Waals surface area (Å²) in [7, 11) is 0. The maximum Gasteiger partial charge on any atom is 0.230 e. The molecule has 1 aliphatic heterocycles. The van der Waals surface area contributed by atoms with Crippen LogP contribution in [0.25, 0.3) is 0 Å². The van der Waals surface area contributed by atoms with Gasteiger partial charge < -0.3 is 9.73 Å². The Morgan fingerprint density at radius 1 is 1.20 bits per heavy atom. The molecule has 0 spiro atoms. The number of likely N-dealkylation sites (tertiary alicyclic amines) is 1. The fourth-order valence-corrected chi connectivity index (χ4v) is 3.92. The number of thioether (sulfide) groups is 1. The van der Waals surface area contributed by atoms with E-state index >= 15 is 0 Å². The highest BCUT2D eigenvalue weighted by molar-refractivity contribution is 8.00. The van der Waals surface area contributed by atoms with E-state index in [2.05, 4.69) is 10.2 Å². The van der Waals surface area contributed by atoms with Crippen LogP contribution < -0.4 is 5.32 Å². The number of carbonyl (C=O) groups excluding carboxylic acids is 1. The number of nitrogens with one attached hydrogen (secondary N) is 1. The van der Waals surface area contributed by atoms with E-state index < -0.39 is 0 Å². The van der Waals surface area contributed by atoms with E-state index in [0.29, 0.717) is 17.3 Å². The minimum Gasteiger partial charge on any atom is -0.468 e. The van der Waals surface area contributed by atoms with Crippen LogP contribution in [-0.4, -0.2) is 36.2 Å². The fourth-order valence-electron chi connectivity index (χ4n) is 3.06. The third kappa shape index (κ3) is 5.53. The number of nitrogens with zero attached hydrogens (tertiary/aromatic N) is 1. The lowest BCUT2D eigenvalue weighted by Crippen LogP contribution is -2.40. The van der Waals surface area contributed by atoms with Gasteiger partial charge in [0.15, 0.2) is 0 Å². The largest absolute Gasteiger partial charge is 0.468 e. The van der Waals surface area contributed by atoms with Crippen molar-refractivity contribution in [2.24, 2.45) is 0 Å². The first kappa shape index (κ1) is 18.4. The molecule has 1 aromatic heterocycles. The molecule has 0 radical (unpaired) electrons. The summed E-state index contributed by atoms with van der Waals surface area (Å²) in [5.74, 6) is 1.35. The molecule has 0 saturated carbocycles. The summed E-state index contributed by atoms with van der Waals surface area (Å²) in [5.41, 5.74) is 0. The van der Waals surface area contributed by atoms with Gasteiger partial charge >= 0.3 is 0 Å². The zero-order chi connectivity index (χ0) is 17.5. The van der Waals surface area contributed by atoms with Crippen LogP contribution in [0.3, 0.4) is 0 Å². The summed E-state index contributed by atoms with van der Waals surface area (Å²) in [5, 5.41) is 3.77. The van der Waals surface area contributed by atoms with E-state index in [-0.39, 0.29) is 11.9 Å². The zero-order valence-corrected chi connectivity index (χ0v) is 15.7. The molecule has 2 heterocycles. The van der Waals surface area contributed by atoms with Gasteiger partial charge in [-0.1, -0.05) is 18.0 Å². The smallest absolute Gasteiger partial charge is 0.230 e. The summed E-state index contributed by atoms with van der Waals surface area (Å²) in [6.07, 6.45) is 5.39. The minimum absolute atomic E-state index is 0.0357. The van der Waals surface area contributed by atoms with Gasteiger partial charge in [-0.15, -0.1) is 11.8 Å². The second-order valence-corrected chi connectivity index (χ2v) is 7.66. The number of carbonyl (C=O) groups is 1. The van der Waals surface area contributed by atoms with Crippen molar-refractivity contribution in [1.82, 2.24) is 10.2 Å². The third-order valence-corrected chi connectivity index (χ3v) is 5.64. The van der Waals surface area contributed by atoms with Gasteiger partial charge in [-0.05, 0) is 62.3 Å². The summed E-state index contributed by atoms with van der Waals surface area (Å²) in [6, 6.07) is 11.5. The van der Waals surface area contributed by atoms with Crippen LogP contribution in [0.5, 0.6) is 0 Å². The summed E-state index contributed by atoms with van der Waals surface area (Å²) < 4.78 is 5.61. The topological polar surface area (TPSA) is 45.5 Å². The van der Waals surface area contributed by atoms with Crippen LogP contribution in [0.15, 0.2) is 52.0 Å². The molecule has 134 valence electrons. The lowest BCUT2D eigenvalue weighted by atomic mass is 10.1. The first-order chi connectivity index (χ1) is 12.2. The van der Waals surface area contributed by atoms with E-state index in [4.69, 9.17) is 16.0 Å². The molecule has 1 N–H and O–H groups in total. The lowest BCUT2D eigenvalue weighted by molar-refractivity contribution is -0.118. The number of hydrogen-bond acceptors (Lipinski definition) is 4. The molecule has 3 rings (SSSR count). The molecule has 1 atom stereocenters. The second-order valence-electron chi connectivity index (χ2n) is 6.17. The van der Waals surface area contributed by atoms with Crippen LogP contribution in [-0.2, 0) is 4.79 Å². The van der Waals surface area contributed by atoms with Gasteiger partial charge in [0.25, 0.3) is 0 Å². The Labute approximate surface area is 157 Å². The summed E-state index contributed by atoms with van der Waals surface area (Å²) in [4.78, 5) is 15.7. The van der Waals surface area contributed by atoms with Crippen molar-refractivity contribution in [3.63, 3.8) is 0 Å². The highest BCUT2D eigenvalue weighted by atomic mass is 35.5. The Bertz CT molecular complexity index is 655. The van der Waals surface area contributed by atoms with Gasteiger partial charge in [-0.2, -0.15) is 0 Å². The van der Waals surface area contributed by atoms with Crippen molar-refractivity contribution in [3.8, 4) is 0 Å². The van der Waals surface area contributed by atoms with Gasteiger partial charge in [-0.25, -0.2) is 0 Å². The van der Waals surface area contributed by atoms with Gasteiger partial charge in [0.05, 0.1) is 18.1 Å². The molecular weight excluding hydrogens is 356 g/mol. The quantitative estimate of drug-likeness (QED) is 0.727. The Balaban J connectivity index is 1.51. The van der Waals surface area contributed by atoms with Crippen molar-refractivity contribution < 1.29 is 9.21 Å². The van der Waals surface area contributed by atoms with Gasteiger partial charge in [0.2, 0.25) is 5.91 Å². The standard InChI is InChI=1S/C19H23ClN2O2S/c20-15-6-8-16(9-7-15)25-14-19(23)21-13-17(18-5-4-12-24-18)22-10-2-1-3-11-22/h4-9,12,17H,1-3,10-11,13-14H2,(H,21,23). The summed E-state index contributed by atoms with van der Waals surface area (Å²) >= 11 is 7.39. The number of amides is 1. The van der Waals surface area contributed by atoms with Crippen LogP contribution in [0.1, 0.15) is 31.1 Å². The molecule has 0 aliphatic carbocycles. The monoisotopic (exact) mass is 378 g/mol. The number of furan rings is 1. The molecule has 6 heteroatoms. The van der Waals surface area contributed by atoms with Crippen LogP contribution in [0, 0.1) is 0 Å². The minimum atomic E-state index is 0.0357. The molecule has 2 aromatic rings. The fraction of sp³-hybridized carbons (Fsp3) is 0.421. The predicted molar refractivity (Wildman–Crippen MR) is 102 cm³/mol. The molecule has 1 aromatic carbocycles. The molecule has 0 bridgehead atoms. The number of rotatable bonds is 7. The number of halogens is 1. The van der Waals surface area contributed by atoms with Crippen molar-refractivity contribution in [2.45, 2.75) is 30.2 Å². The highest BCUT2D eigenvalue weighted by Crippen LogP contribution is 2.25. The van der Waals surface area contributed by atoms with E-state index in [9.17, 15) is 4.79 Å². The predicted octanol–water partition coefficient (Wildman–Crippen LogP) is 4.37. The highest BCUT2D eigenvalue weighted by Gasteiger charge is 2.24. The maximum atomic E-state index is 12.2. The second kappa shape index (κ2) is 9.32. The third-order valence-electron chi connectivity index (χ3n) is 4.38. The average Bonchev–Trinajstić information content (AvgIpc) is 3.17.